The molecule has 0 aromatic carbocycles. The van der Waals surface area contributed by atoms with Crippen molar-refractivity contribution in [3.63, 3.8) is 0 Å². The lowest BCUT2D eigenvalue weighted by molar-refractivity contribution is 0.651. The van der Waals surface area contributed by atoms with Crippen LogP contribution in [0.3, 0.4) is 0 Å². The molecule has 0 amide bonds. The fourth-order valence-corrected chi connectivity index (χ4v) is 1.35. The average molecular weight is 207 g/mol. The van der Waals surface area contributed by atoms with Crippen LogP contribution in [0.5, 0.6) is 0 Å². The molecule has 0 aromatic heterocycles. The number of rotatable bonds is 4. The molecule has 0 saturated heterocycles. The largest absolute Gasteiger partial charge is 0.234 e. The van der Waals surface area contributed by atoms with E-state index in [2.05, 4.69) is 10.7 Å². The zero-order valence-corrected chi connectivity index (χ0v) is 9.80. The Bertz CT molecular complexity index is 172. The fraction of sp³-hybridized carbons (Fsp3) is 0.875. The highest BCUT2D eigenvalue weighted by Gasteiger charge is 2.17. The molecule has 0 bridgehead atoms. The van der Waals surface area contributed by atoms with Gasteiger partial charge in [-0.15, -0.1) is 0 Å². The third-order valence-electron chi connectivity index (χ3n) is 1.15. The second-order valence-electron chi connectivity index (χ2n) is 3.43. The van der Waals surface area contributed by atoms with E-state index in [0.717, 1.165) is 12.2 Å². The topological polar surface area (TPSA) is 29.4 Å². The highest BCUT2D eigenvalue weighted by molar-refractivity contribution is 7.98. The summed E-state index contributed by atoms with van der Waals surface area (Å²) in [6.45, 7) is 5.78. The SMILES string of the molecule is CSCCC=N[S@](=O)C(C)(C)C. The van der Waals surface area contributed by atoms with Gasteiger partial charge >= 0.3 is 0 Å². The first-order valence-corrected chi connectivity index (χ1v) is 6.42. The fourth-order valence-electron chi connectivity index (χ4n) is 0.449. The van der Waals surface area contributed by atoms with Crippen molar-refractivity contribution < 1.29 is 4.21 Å². The Morgan fingerprint density at radius 3 is 2.50 bits per heavy atom. The molecular weight excluding hydrogens is 190 g/mol. The molecule has 4 heteroatoms. The average Bonchev–Trinajstić information content (AvgIpc) is 1.96. The Morgan fingerprint density at radius 2 is 2.08 bits per heavy atom. The summed E-state index contributed by atoms with van der Waals surface area (Å²) >= 11 is 1.77. The van der Waals surface area contributed by atoms with Crippen molar-refractivity contribution in [1.82, 2.24) is 0 Å². The lowest BCUT2D eigenvalue weighted by atomic mass is 10.3. The Balaban J connectivity index is 3.77. The summed E-state index contributed by atoms with van der Waals surface area (Å²) in [6.07, 6.45) is 4.72. The van der Waals surface area contributed by atoms with Crippen LogP contribution in [0, 0.1) is 0 Å². The summed E-state index contributed by atoms with van der Waals surface area (Å²) in [5, 5.41) is 0. The normalized spacial score (nSPS) is 15.3. The predicted molar refractivity (Wildman–Crippen MR) is 59.4 cm³/mol. The summed E-state index contributed by atoms with van der Waals surface area (Å²) in [5.74, 6) is 1.05. The van der Waals surface area contributed by atoms with Gasteiger partial charge in [0.2, 0.25) is 0 Å². The van der Waals surface area contributed by atoms with Gasteiger partial charge in [-0.3, -0.25) is 0 Å². The minimum Gasteiger partial charge on any atom is -0.234 e. The van der Waals surface area contributed by atoms with Crippen LogP contribution < -0.4 is 0 Å². The van der Waals surface area contributed by atoms with E-state index in [9.17, 15) is 4.21 Å². The molecule has 0 rings (SSSR count). The lowest BCUT2D eigenvalue weighted by Crippen LogP contribution is -2.19. The van der Waals surface area contributed by atoms with Crippen molar-refractivity contribution in [3.05, 3.63) is 0 Å². The van der Waals surface area contributed by atoms with E-state index >= 15 is 0 Å². The molecule has 0 radical (unpaired) electrons. The lowest BCUT2D eigenvalue weighted by Gasteiger charge is -2.12. The maximum absolute atomic E-state index is 11.3. The van der Waals surface area contributed by atoms with Crippen LogP contribution in [-0.4, -0.2) is 27.2 Å². The minimum atomic E-state index is -1.08. The maximum atomic E-state index is 11.3. The van der Waals surface area contributed by atoms with Gasteiger partial charge in [0.15, 0.2) is 0 Å². The van der Waals surface area contributed by atoms with Crippen LogP contribution >= 0.6 is 11.8 Å². The second-order valence-corrected chi connectivity index (χ2v) is 6.35. The van der Waals surface area contributed by atoms with Gasteiger partial charge in [0, 0.05) is 6.21 Å². The Morgan fingerprint density at radius 1 is 1.50 bits per heavy atom. The molecular formula is C8H17NOS2. The van der Waals surface area contributed by atoms with E-state index in [1.54, 1.807) is 18.0 Å². The molecule has 0 fully saturated rings. The first-order valence-electron chi connectivity index (χ1n) is 3.92. The van der Waals surface area contributed by atoms with Crippen molar-refractivity contribution >= 4 is 29.0 Å². The maximum Gasteiger partial charge on any atom is 0.144 e. The third kappa shape index (κ3) is 5.77. The highest BCUT2D eigenvalue weighted by atomic mass is 32.2. The smallest absolute Gasteiger partial charge is 0.144 e. The predicted octanol–water partition coefficient (Wildman–Crippen LogP) is 2.27. The van der Waals surface area contributed by atoms with Gasteiger partial charge in [0.05, 0.1) is 4.75 Å². The van der Waals surface area contributed by atoms with Gasteiger partial charge in [-0.05, 0) is 39.2 Å². The van der Waals surface area contributed by atoms with E-state index in [1.165, 1.54) is 0 Å². The third-order valence-corrected chi connectivity index (χ3v) is 3.18. The van der Waals surface area contributed by atoms with E-state index in [0.29, 0.717) is 0 Å². The molecule has 2 nitrogen and oxygen atoms in total. The van der Waals surface area contributed by atoms with Crippen molar-refractivity contribution in [1.29, 1.82) is 0 Å². The molecule has 0 spiro atoms. The van der Waals surface area contributed by atoms with Gasteiger partial charge in [0.1, 0.15) is 11.0 Å². The molecule has 0 aliphatic rings. The molecule has 12 heavy (non-hydrogen) atoms. The highest BCUT2D eigenvalue weighted by Crippen LogP contribution is 2.11. The van der Waals surface area contributed by atoms with Crippen molar-refractivity contribution in [2.45, 2.75) is 31.9 Å². The van der Waals surface area contributed by atoms with Crippen molar-refractivity contribution in [2.24, 2.45) is 4.40 Å². The van der Waals surface area contributed by atoms with Crippen LogP contribution in [0.1, 0.15) is 27.2 Å². The van der Waals surface area contributed by atoms with Gasteiger partial charge in [-0.2, -0.15) is 16.2 Å². The monoisotopic (exact) mass is 207 g/mol. The van der Waals surface area contributed by atoms with Crippen LogP contribution in [0.25, 0.3) is 0 Å². The van der Waals surface area contributed by atoms with Crippen molar-refractivity contribution in [3.8, 4) is 0 Å². The summed E-state index contributed by atoms with van der Waals surface area (Å²) in [7, 11) is -1.08. The summed E-state index contributed by atoms with van der Waals surface area (Å²) < 4.78 is 15.1. The molecule has 1 atom stereocenters. The van der Waals surface area contributed by atoms with E-state index < -0.39 is 11.0 Å². The second kappa shape index (κ2) is 5.75. The Hall–Kier alpha value is 0.170. The Kier molecular flexibility index (Phi) is 5.84. The Labute approximate surface area is 81.8 Å². The quantitative estimate of drug-likeness (QED) is 0.523. The van der Waals surface area contributed by atoms with Crippen LogP contribution in [0.4, 0.5) is 0 Å². The minimum absolute atomic E-state index is 0.226. The van der Waals surface area contributed by atoms with Gasteiger partial charge in [-0.1, -0.05) is 0 Å². The number of thioether (sulfide) groups is 1. The number of hydrogen-bond acceptors (Lipinski definition) is 2. The first-order chi connectivity index (χ1) is 5.48. The van der Waals surface area contributed by atoms with Crippen LogP contribution in [-0.2, 0) is 11.0 Å². The zero-order valence-electron chi connectivity index (χ0n) is 8.16. The molecule has 0 aromatic rings. The molecule has 72 valence electrons. The summed E-state index contributed by atoms with van der Waals surface area (Å²) in [5.41, 5.74) is 0. The van der Waals surface area contributed by atoms with Crippen LogP contribution in [0.15, 0.2) is 4.40 Å². The van der Waals surface area contributed by atoms with Gasteiger partial charge < -0.3 is 0 Å². The number of nitrogens with zero attached hydrogens (tertiary/aromatic N) is 1. The standard InChI is InChI=1S/C8H17NOS2/c1-8(2,3)12(10)9-6-5-7-11-4/h6H,5,7H2,1-4H3/t12-/m1/s1. The molecule has 0 saturated carbocycles. The van der Waals surface area contributed by atoms with E-state index in [4.69, 9.17) is 0 Å². The van der Waals surface area contributed by atoms with Gasteiger partial charge in [-0.25, -0.2) is 4.21 Å². The van der Waals surface area contributed by atoms with E-state index in [-0.39, 0.29) is 4.75 Å². The van der Waals surface area contributed by atoms with Crippen LogP contribution in [0.2, 0.25) is 0 Å². The zero-order chi connectivity index (χ0) is 9.61. The molecule has 0 N–H and O–H groups in total. The molecule has 0 heterocycles. The molecule has 0 unspecified atom stereocenters. The summed E-state index contributed by atoms with van der Waals surface area (Å²) in [4.78, 5) is 0. The molecule has 0 aliphatic heterocycles. The van der Waals surface area contributed by atoms with Crippen molar-refractivity contribution in [2.75, 3.05) is 12.0 Å². The first kappa shape index (κ1) is 12.2. The summed E-state index contributed by atoms with van der Waals surface area (Å²) in [6, 6.07) is 0. The molecule has 0 aliphatic carbocycles. The van der Waals surface area contributed by atoms with Gasteiger partial charge in [0.25, 0.3) is 0 Å². The van der Waals surface area contributed by atoms with E-state index in [1.807, 2.05) is 20.8 Å². The number of hydrogen-bond donors (Lipinski definition) is 0.